The average molecular weight is 392 g/mol. The summed E-state index contributed by atoms with van der Waals surface area (Å²) >= 11 is 2.01. The van der Waals surface area contributed by atoms with Gasteiger partial charge in [0.25, 0.3) is 5.91 Å². The zero-order valence-electron chi connectivity index (χ0n) is 17.0. The van der Waals surface area contributed by atoms with Gasteiger partial charge in [0.15, 0.2) is 6.10 Å². The maximum atomic E-state index is 12.8. The number of piperidine rings is 1. The molecule has 0 bridgehead atoms. The number of hydrogen-bond donors (Lipinski definition) is 1. The third-order valence-electron chi connectivity index (χ3n) is 6.45. The van der Waals surface area contributed by atoms with Crippen LogP contribution >= 0.6 is 11.8 Å². The molecule has 3 aliphatic heterocycles. The minimum absolute atomic E-state index is 0.172. The molecule has 2 saturated heterocycles. The van der Waals surface area contributed by atoms with Crippen LogP contribution in [-0.2, 0) is 9.53 Å². The summed E-state index contributed by atoms with van der Waals surface area (Å²) in [6, 6.07) is 0.824. The highest BCUT2D eigenvalue weighted by Gasteiger charge is 2.41. The Morgan fingerprint density at radius 3 is 2.89 bits per heavy atom. The fraction of sp³-hybridized carbons (Fsp3) is 0.762. The number of carbonyl (C=O) groups is 1. The van der Waals surface area contributed by atoms with Gasteiger partial charge < -0.3 is 19.9 Å². The van der Waals surface area contributed by atoms with E-state index in [0.29, 0.717) is 23.9 Å². The van der Waals surface area contributed by atoms with Crippen molar-refractivity contribution in [3.8, 4) is 0 Å². The molecule has 1 amide bonds. The maximum absolute atomic E-state index is 12.8. The number of nitrogens with one attached hydrogen (secondary N) is 1. The van der Waals surface area contributed by atoms with Crippen LogP contribution in [0.5, 0.6) is 0 Å². The monoisotopic (exact) mass is 391 g/mol. The molecule has 2 fully saturated rings. The van der Waals surface area contributed by atoms with Crippen molar-refractivity contribution in [3.05, 3.63) is 22.3 Å². The van der Waals surface area contributed by atoms with Gasteiger partial charge in [0.2, 0.25) is 0 Å². The zero-order chi connectivity index (χ0) is 19.1. The molecule has 5 nitrogen and oxygen atoms in total. The minimum atomic E-state index is -0.172. The van der Waals surface area contributed by atoms with E-state index in [1.807, 2.05) is 11.8 Å². The van der Waals surface area contributed by atoms with Gasteiger partial charge in [0.1, 0.15) is 0 Å². The lowest BCUT2D eigenvalue weighted by atomic mass is 9.86. The molecule has 6 heteroatoms. The number of rotatable bonds is 5. The Kier molecular flexibility index (Phi) is 5.59. The second kappa shape index (κ2) is 7.80. The lowest BCUT2D eigenvalue weighted by Crippen LogP contribution is -2.49. The van der Waals surface area contributed by atoms with Crippen molar-refractivity contribution in [3.63, 3.8) is 0 Å². The predicted octanol–water partition coefficient (Wildman–Crippen LogP) is 2.95. The normalized spacial score (nSPS) is 34.3. The molecular weight excluding hydrogens is 358 g/mol. The molecule has 1 N–H and O–H groups in total. The van der Waals surface area contributed by atoms with E-state index in [1.54, 1.807) is 0 Å². The number of amides is 1. The summed E-state index contributed by atoms with van der Waals surface area (Å²) in [6.45, 7) is 6.02. The fourth-order valence-corrected chi connectivity index (χ4v) is 5.77. The Labute approximate surface area is 167 Å². The van der Waals surface area contributed by atoms with Crippen LogP contribution in [0.1, 0.15) is 46.0 Å². The van der Waals surface area contributed by atoms with Gasteiger partial charge in [0, 0.05) is 23.2 Å². The third kappa shape index (κ3) is 4.22. The minimum Gasteiger partial charge on any atom is -0.372 e. The molecule has 150 valence electrons. The average Bonchev–Trinajstić information content (AvgIpc) is 3.41. The van der Waals surface area contributed by atoms with Crippen LogP contribution in [0, 0.1) is 5.92 Å². The van der Waals surface area contributed by atoms with Crippen molar-refractivity contribution < 1.29 is 9.53 Å². The van der Waals surface area contributed by atoms with Crippen LogP contribution in [0.2, 0.25) is 0 Å². The number of epoxide rings is 1. The number of hydrogen-bond acceptors (Lipinski definition) is 5. The topological polar surface area (TPSA) is 48.1 Å². The number of allylic oxidation sites excluding steroid dienone is 2. The van der Waals surface area contributed by atoms with E-state index in [0.717, 1.165) is 32.2 Å². The zero-order valence-corrected chi connectivity index (χ0v) is 17.8. The summed E-state index contributed by atoms with van der Waals surface area (Å²) < 4.78 is 5.29. The molecule has 0 spiro atoms. The second-order valence-electron chi connectivity index (χ2n) is 8.87. The third-order valence-corrected chi connectivity index (χ3v) is 7.75. The highest BCUT2D eigenvalue weighted by atomic mass is 32.2. The number of ether oxygens (including phenoxy) is 1. The molecule has 0 saturated carbocycles. The number of carbonyl (C=O) groups excluding carboxylic acids is 1. The van der Waals surface area contributed by atoms with Crippen molar-refractivity contribution in [1.82, 2.24) is 15.1 Å². The Balaban J connectivity index is 1.45. The van der Waals surface area contributed by atoms with E-state index in [9.17, 15) is 4.79 Å². The summed E-state index contributed by atoms with van der Waals surface area (Å²) in [4.78, 5) is 18.7. The first kappa shape index (κ1) is 19.3. The molecule has 4 aliphatic rings. The van der Waals surface area contributed by atoms with E-state index in [4.69, 9.17) is 4.74 Å². The molecule has 0 aromatic heterocycles. The van der Waals surface area contributed by atoms with Crippen LogP contribution in [0.4, 0.5) is 0 Å². The van der Waals surface area contributed by atoms with Crippen LogP contribution in [0.3, 0.4) is 0 Å². The van der Waals surface area contributed by atoms with Crippen molar-refractivity contribution in [2.75, 3.05) is 27.2 Å². The lowest BCUT2D eigenvalue weighted by Gasteiger charge is -2.40. The fourth-order valence-electron chi connectivity index (χ4n) is 4.40. The van der Waals surface area contributed by atoms with Crippen molar-refractivity contribution in [2.24, 2.45) is 5.92 Å². The molecule has 0 radical (unpaired) electrons. The molecule has 2 unspecified atom stereocenters. The molecule has 0 aromatic carbocycles. The Hall–Kier alpha value is -0.980. The van der Waals surface area contributed by atoms with Crippen LogP contribution in [0.15, 0.2) is 22.3 Å². The number of likely N-dealkylation sites (tertiary alicyclic amines) is 1. The summed E-state index contributed by atoms with van der Waals surface area (Å²) in [6.07, 6.45) is 7.81. The van der Waals surface area contributed by atoms with E-state index < -0.39 is 0 Å². The van der Waals surface area contributed by atoms with Gasteiger partial charge in [0.05, 0.1) is 18.0 Å². The Morgan fingerprint density at radius 2 is 2.19 bits per heavy atom. The quantitative estimate of drug-likeness (QED) is 0.730. The van der Waals surface area contributed by atoms with Gasteiger partial charge in [-0.1, -0.05) is 6.92 Å². The van der Waals surface area contributed by atoms with Crippen molar-refractivity contribution in [1.29, 1.82) is 0 Å². The summed E-state index contributed by atoms with van der Waals surface area (Å²) in [7, 11) is 4.30. The lowest BCUT2D eigenvalue weighted by molar-refractivity contribution is -0.136. The molecule has 27 heavy (non-hydrogen) atoms. The van der Waals surface area contributed by atoms with Crippen LogP contribution in [-0.4, -0.2) is 66.5 Å². The largest absolute Gasteiger partial charge is 0.372 e. The number of thioether (sulfide) groups is 1. The van der Waals surface area contributed by atoms with Gasteiger partial charge in [-0.25, -0.2) is 0 Å². The Bertz CT molecular complexity index is 656. The van der Waals surface area contributed by atoms with E-state index >= 15 is 0 Å². The maximum Gasteiger partial charge on any atom is 0.254 e. The van der Waals surface area contributed by atoms with Gasteiger partial charge in [-0.15, -0.1) is 11.8 Å². The molecule has 4 rings (SSSR count). The first-order valence-corrected chi connectivity index (χ1v) is 11.3. The van der Waals surface area contributed by atoms with E-state index in [-0.39, 0.29) is 18.1 Å². The van der Waals surface area contributed by atoms with E-state index in [1.165, 1.54) is 22.6 Å². The molecule has 0 aromatic rings. The van der Waals surface area contributed by atoms with Crippen molar-refractivity contribution in [2.45, 2.75) is 69.5 Å². The first-order chi connectivity index (χ1) is 12.9. The standard InChI is InChI=1S/C21H33N3O2S/c1-13-5-7-17(24(11-13)21(25)18-12-26-18)15-6-8-19-16(10-15)22-20(27-19)9-14(2)23(3)4/h10,13-14,17-18,20,22H,5-9,11-12H2,1-4H3/t13-,14+,17+,18?,20?/m0/s1. The summed E-state index contributed by atoms with van der Waals surface area (Å²) in [5, 5.41) is 4.21. The predicted molar refractivity (Wildman–Crippen MR) is 110 cm³/mol. The summed E-state index contributed by atoms with van der Waals surface area (Å²) in [5.41, 5.74) is 2.75. The SMILES string of the molecule is C[C@H]1CC[C@H](C2=CC3=C(CC2)SC(C[C@@H](C)N(C)C)N3)N(C(=O)C2CO2)C1. The second-order valence-corrected chi connectivity index (χ2v) is 10.2. The van der Waals surface area contributed by atoms with Crippen LogP contribution in [0.25, 0.3) is 0 Å². The first-order valence-electron chi connectivity index (χ1n) is 10.4. The number of nitrogens with zero attached hydrogens (tertiary/aromatic N) is 2. The smallest absolute Gasteiger partial charge is 0.254 e. The highest BCUT2D eigenvalue weighted by Crippen LogP contribution is 2.42. The van der Waals surface area contributed by atoms with Gasteiger partial charge in [-0.05, 0) is 70.7 Å². The highest BCUT2D eigenvalue weighted by molar-refractivity contribution is 8.03. The van der Waals surface area contributed by atoms with E-state index in [2.05, 4.69) is 49.1 Å². The van der Waals surface area contributed by atoms with Crippen molar-refractivity contribution >= 4 is 17.7 Å². The molecular formula is C21H33N3O2S. The van der Waals surface area contributed by atoms with Crippen LogP contribution < -0.4 is 5.32 Å². The Morgan fingerprint density at radius 1 is 1.41 bits per heavy atom. The molecule has 3 heterocycles. The molecule has 1 aliphatic carbocycles. The van der Waals surface area contributed by atoms with Gasteiger partial charge >= 0.3 is 0 Å². The van der Waals surface area contributed by atoms with Gasteiger partial charge in [-0.3, -0.25) is 4.79 Å². The summed E-state index contributed by atoms with van der Waals surface area (Å²) in [5.74, 6) is 0.790. The molecule has 5 atom stereocenters. The van der Waals surface area contributed by atoms with Gasteiger partial charge in [-0.2, -0.15) is 0 Å².